The summed E-state index contributed by atoms with van der Waals surface area (Å²) in [5, 5.41) is 3.80. The van der Waals surface area contributed by atoms with Crippen molar-refractivity contribution in [2.24, 2.45) is 0 Å². The zero-order valence-electron chi connectivity index (χ0n) is 19.1. The lowest BCUT2D eigenvalue weighted by Gasteiger charge is -2.20. The summed E-state index contributed by atoms with van der Waals surface area (Å²) in [7, 11) is 1.64. The summed E-state index contributed by atoms with van der Waals surface area (Å²) in [4.78, 5) is 18.0. The second kappa shape index (κ2) is 10.1. The molecule has 3 aromatic carbocycles. The molecule has 0 fully saturated rings. The Kier molecular flexibility index (Phi) is 6.55. The molecule has 6 nitrogen and oxygen atoms in total. The van der Waals surface area contributed by atoms with Crippen LogP contribution in [0.1, 0.15) is 33.5 Å². The van der Waals surface area contributed by atoms with Gasteiger partial charge < -0.3 is 19.0 Å². The van der Waals surface area contributed by atoms with E-state index in [0.29, 0.717) is 18.0 Å². The van der Waals surface area contributed by atoms with E-state index in [2.05, 4.69) is 9.88 Å². The van der Waals surface area contributed by atoms with Crippen molar-refractivity contribution in [2.75, 3.05) is 7.11 Å². The molecular formula is C28H24ClN3O3. The first-order valence-corrected chi connectivity index (χ1v) is 11.7. The number of amides is 1. The quantitative estimate of drug-likeness (QED) is 0.290. The minimum Gasteiger partial charge on any atom is -0.497 e. The molecule has 0 radical (unpaired) electrons. The van der Waals surface area contributed by atoms with Crippen molar-refractivity contribution in [2.45, 2.75) is 19.0 Å². The largest absolute Gasteiger partial charge is 0.497 e. The Hall–Kier alpha value is -4.03. The fourth-order valence-electron chi connectivity index (χ4n) is 4.19. The summed E-state index contributed by atoms with van der Waals surface area (Å²) in [5.41, 5.74) is 3.82. The number of benzene rings is 3. The Balaban J connectivity index is 1.62. The topological polar surface area (TPSA) is 69.3 Å². The predicted octanol–water partition coefficient (Wildman–Crippen LogP) is 6.05. The van der Waals surface area contributed by atoms with Gasteiger partial charge in [0.05, 0.1) is 30.4 Å². The van der Waals surface area contributed by atoms with Gasteiger partial charge >= 0.3 is 0 Å². The van der Waals surface area contributed by atoms with Gasteiger partial charge in [0.15, 0.2) is 5.76 Å². The maximum Gasteiger partial charge on any atom is 0.287 e. The van der Waals surface area contributed by atoms with E-state index in [1.807, 2.05) is 72.8 Å². The number of methoxy groups -OCH3 is 1. The van der Waals surface area contributed by atoms with Crippen molar-refractivity contribution in [3.63, 3.8) is 0 Å². The number of hydrogen-bond acceptors (Lipinski definition) is 4. The molecule has 0 bridgehead atoms. The molecule has 0 aliphatic heterocycles. The number of rotatable bonds is 8. The van der Waals surface area contributed by atoms with E-state index < -0.39 is 6.04 Å². The molecule has 0 aliphatic rings. The van der Waals surface area contributed by atoms with Crippen LogP contribution in [0.15, 0.2) is 95.6 Å². The average Bonchev–Trinajstić information content (AvgIpc) is 3.53. The summed E-state index contributed by atoms with van der Waals surface area (Å²) in [6, 6.07) is 26.5. The molecule has 35 heavy (non-hydrogen) atoms. The fraction of sp³-hybridized carbons (Fsp3) is 0.143. The SMILES string of the molecule is COc1ccc2nc(C(Cc3ccccc3)NC(=O)c3ccco3)n(Cc3cccc(Cl)c3)c2c1. The van der Waals surface area contributed by atoms with Crippen molar-refractivity contribution in [3.8, 4) is 5.75 Å². The molecule has 1 atom stereocenters. The molecule has 0 saturated carbocycles. The first-order chi connectivity index (χ1) is 17.1. The molecule has 1 amide bonds. The van der Waals surface area contributed by atoms with Crippen LogP contribution in [-0.4, -0.2) is 22.6 Å². The lowest BCUT2D eigenvalue weighted by Crippen LogP contribution is -2.32. The highest BCUT2D eigenvalue weighted by Gasteiger charge is 2.24. The van der Waals surface area contributed by atoms with Crippen molar-refractivity contribution < 1.29 is 13.9 Å². The van der Waals surface area contributed by atoms with Gasteiger partial charge in [-0.3, -0.25) is 4.79 Å². The molecule has 1 N–H and O–H groups in total. The number of carbonyl (C=O) groups is 1. The smallest absolute Gasteiger partial charge is 0.287 e. The summed E-state index contributed by atoms with van der Waals surface area (Å²) in [6.07, 6.45) is 2.05. The van der Waals surface area contributed by atoms with E-state index in [-0.39, 0.29) is 11.7 Å². The highest BCUT2D eigenvalue weighted by Crippen LogP contribution is 2.28. The van der Waals surface area contributed by atoms with Gasteiger partial charge in [-0.05, 0) is 53.9 Å². The lowest BCUT2D eigenvalue weighted by atomic mass is 10.0. The van der Waals surface area contributed by atoms with Gasteiger partial charge in [-0.15, -0.1) is 0 Å². The standard InChI is InChI=1S/C28H24ClN3O3/c1-34-22-12-13-23-25(17-22)32(18-20-9-5-10-21(29)15-20)27(30-23)24(16-19-7-3-2-4-8-19)31-28(33)26-11-6-14-35-26/h2-15,17,24H,16,18H2,1H3,(H,31,33). The van der Waals surface area contributed by atoms with Crippen LogP contribution in [0, 0.1) is 0 Å². The van der Waals surface area contributed by atoms with E-state index in [9.17, 15) is 4.79 Å². The third-order valence-electron chi connectivity index (χ3n) is 5.86. The molecule has 0 saturated heterocycles. The van der Waals surface area contributed by atoms with Crippen LogP contribution < -0.4 is 10.1 Å². The summed E-state index contributed by atoms with van der Waals surface area (Å²) in [6.45, 7) is 0.529. The lowest BCUT2D eigenvalue weighted by molar-refractivity contribution is 0.0906. The Morgan fingerprint density at radius 1 is 1.03 bits per heavy atom. The van der Waals surface area contributed by atoms with Crippen LogP contribution in [0.3, 0.4) is 0 Å². The minimum atomic E-state index is -0.410. The zero-order chi connectivity index (χ0) is 24.2. The van der Waals surface area contributed by atoms with Gasteiger partial charge in [0.1, 0.15) is 11.6 Å². The maximum atomic E-state index is 13.0. The van der Waals surface area contributed by atoms with E-state index in [0.717, 1.165) is 33.7 Å². The molecule has 2 heterocycles. The van der Waals surface area contributed by atoms with Crippen molar-refractivity contribution >= 4 is 28.5 Å². The first-order valence-electron chi connectivity index (χ1n) is 11.3. The number of furan rings is 1. The van der Waals surface area contributed by atoms with Crippen LogP contribution in [-0.2, 0) is 13.0 Å². The molecule has 5 rings (SSSR count). The summed E-state index contributed by atoms with van der Waals surface area (Å²) in [5.74, 6) is 1.42. The number of nitrogens with zero attached hydrogens (tertiary/aromatic N) is 2. The Morgan fingerprint density at radius 2 is 1.86 bits per heavy atom. The van der Waals surface area contributed by atoms with E-state index in [1.54, 1.807) is 19.2 Å². The van der Waals surface area contributed by atoms with Gasteiger partial charge in [-0.1, -0.05) is 54.1 Å². The second-order valence-corrected chi connectivity index (χ2v) is 8.67. The molecular weight excluding hydrogens is 462 g/mol. The number of fused-ring (bicyclic) bond motifs is 1. The van der Waals surface area contributed by atoms with Gasteiger partial charge in [-0.25, -0.2) is 4.98 Å². The van der Waals surface area contributed by atoms with Gasteiger partial charge in [0.25, 0.3) is 5.91 Å². The number of aromatic nitrogens is 2. The fourth-order valence-corrected chi connectivity index (χ4v) is 4.40. The number of hydrogen-bond donors (Lipinski definition) is 1. The number of imidazole rings is 1. The first kappa shape index (κ1) is 22.7. The third-order valence-corrected chi connectivity index (χ3v) is 6.09. The third kappa shape index (κ3) is 5.08. The number of ether oxygens (including phenoxy) is 1. The average molecular weight is 486 g/mol. The van der Waals surface area contributed by atoms with Crippen molar-refractivity contribution in [1.29, 1.82) is 0 Å². The Bertz CT molecular complexity index is 1450. The molecule has 7 heteroatoms. The Labute approximate surface area is 208 Å². The maximum absolute atomic E-state index is 13.0. The molecule has 1 unspecified atom stereocenters. The molecule has 2 aromatic heterocycles. The van der Waals surface area contributed by atoms with E-state index in [4.69, 9.17) is 25.7 Å². The van der Waals surface area contributed by atoms with Crippen LogP contribution in [0.5, 0.6) is 5.75 Å². The van der Waals surface area contributed by atoms with Gasteiger partial charge in [0.2, 0.25) is 0 Å². The van der Waals surface area contributed by atoms with Crippen LogP contribution in [0.2, 0.25) is 5.02 Å². The predicted molar refractivity (Wildman–Crippen MR) is 136 cm³/mol. The van der Waals surface area contributed by atoms with Gasteiger partial charge in [0, 0.05) is 17.6 Å². The van der Waals surface area contributed by atoms with Crippen LogP contribution >= 0.6 is 11.6 Å². The monoisotopic (exact) mass is 485 g/mol. The number of carbonyl (C=O) groups excluding carboxylic acids is 1. The molecule has 0 aliphatic carbocycles. The van der Waals surface area contributed by atoms with Crippen molar-refractivity contribution in [3.05, 3.63) is 119 Å². The van der Waals surface area contributed by atoms with Gasteiger partial charge in [-0.2, -0.15) is 0 Å². The van der Waals surface area contributed by atoms with Crippen molar-refractivity contribution in [1.82, 2.24) is 14.9 Å². The second-order valence-electron chi connectivity index (χ2n) is 8.23. The number of halogens is 1. The summed E-state index contributed by atoms with van der Waals surface area (Å²) < 4.78 is 12.9. The molecule has 0 spiro atoms. The van der Waals surface area contributed by atoms with Crippen LogP contribution in [0.4, 0.5) is 0 Å². The van der Waals surface area contributed by atoms with Crippen LogP contribution in [0.25, 0.3) is 11.0 Å². The van der Waals surface area contributed by atoms with E-state index >= 15 is 0 Å². The zero-order valence-corrected chi connectivity index (χ0v) is 19.9. The Morgan fingerprint density at radius 3 is 2.60 bits per heavy atom. The molecule has 5 aromatic rings. The molecule has 176 valence electrons. The van der Waals surface area contributed by atoms with E-state index in [1.165, 1.54) is 6.26 Å². The highest BCUT2D eigenvalue weighted by molar-refractivity contribution is 6.30. The summed E-state index contributed by atoms with van der Waals surface area (Å²) >= 11 is 6.27. The minimum absolute atomic E-state index is 0.252. The highest BCUT2D eigenvalue weighted by atomic mass is 35.5. The normalized spacial score (nSPS) is 11.9. The number of nitrogens with one attached hydrogen (secondary N) is 1.